The maximum absolute atomic E-state index is 13.0. The molecule has 1 amide bonds. The van der Waals surface area contributed by atoms with Crippen LogP contribution < -0.4 is 4.74 Å². The molecule has 7 nitrogen and oxygen atoms in total. The maximum Gasteiger partial charge on any atom is 0.295 e. The highest BCUT2D eigenvalue weighted by Crippen LogP contribution is 2.39. The number of aliphatic hydroxyl groups is 1. The fourth-order valence-electron chi connectivity index (χ4n) is 4.09. The molecule has 0 saturated carbocycles. The maximum atomic E-state index is 13.0. The van der Waals surface area contributed by atoms with Crippen molar-refractivity contribution in [3.8, 4) is 5.75 Å². The SMILES string of the molecule is Cc1cc(/C(O)=C2/C(=O)C(=O)N(CCOC(C)C)C2c2ccco2)ccc1OCc1ccccc1. The van der Waals surface area contributed by atoms with Gasteiger partial charge in [-0.15, -0.1) is 0 Å². The van der Waals surface area contributed by atoms with Crippen LogP contribution >= 0.6 is 0 Å². The van der Waals surface area contributed by atoms with Crippen molar-refractivity contribution in [2.75, 3.05) is 13.2 Å². The van der Waals surface area contributed by atoms with Gasteiger partial charge in [0.15, 0.2) is 0 Å². The number of carbonyl (C=O) groups excluding carboxylic acids is 2. The van der Waals surface area contributed by atoms with Crippen LogP contribution in [0.4, 0.5) is 0 Å². The number of aliphatic hydroxyl groups excluding tert-OH is 1. The second-order valence-corrected chi connectivity index (χ2v) is 8.68. The molecule has 1 fully saturated rings. The summed E-state index contributed by atoms with van der Waals surface area (Å²) in [5, 5.41) is 11.2. The normalized spacial score (nSPS) is 17.4. The van der Waals surface area contributed by atoms with Gasteiger partial charge < -0.3 is 23.9 Å². The minimum absolute atomic E-state index is 0.00755. The summed E-state index contributed by atoms with van der Waals surface area (Å²) in [5.74, 6) is -0.640. The molecule has 0 aliphatic carbocycles. The van der Waals surface area contributed by atoms with Gasteiger partial charge in [0.05, 0.1) is 24.5 Å². The van der Waals surface area contributed by atoms with E-state index in [9.17, 15) is 14.7 Å². The zero-order valence-corrected chi connectivity index (χ0v) is 20.1. The van der Waals surface area contributed by atoms with Crippen LogP contribution in [-0.2, 0) is 20.9 Å². The Bertz CT molecular complexity index is 1210. The van der Waals surface area contributed by atoms with E-state index in [1.165, 1.54) is 11.2 Å². The number of carbonyl (C=O) groups is 2. The van der Waals surface area contributed by atoms with E-state index in [1.807, 2.05) is 51.1 Å². The molecule has 1 aliphatic heterocycles. The quantitative estimate of drug-likeness (QED) is 0.266. The van der Waals surface area contributed by atoms with Crippen LogP contribution in [0.3, 0.4) is 0 Å². The Balaban J connectivity index is 1.63. The van der Waals surface area contributed by atoms with Gasteiger partial charge in [-0.25, -0.2) is 0 Å². The average molecular weight is 476 g/mol. The van der Waals surface area contributed by atoms with Crippen LogP contribution in [-0.4, -0.2) is 41.0 Å². The largest absolute Gasteiger partial charge is 0.507 e. The van der Waals surface area contributed by atoms with Crippen molar-refractivity contribution in [1.29, 1.82) is 0 Å². The highest BCUT2D eigenvalue weighted by Gasteiger charge is 2.47. The summed E-state index contributed by atoms with van der Waals surface area (Å²) in [4.78, 5) is 27.3. The Morgan fingerprint density at radius 2 is 1.86 bits per heavy atom. The lowest BCUT2D eigenvalue weighted by atomic mass is 9.98. The lowest BCUT2D eigenvalue weighted by molar-refractivity contribution is -0.140. The average Bonchev–Trinajstić information content (AvgIpc) is 3.46. The van der Waals surface area contributed by atoms with Crippen LogP contribution in [0.1, 0.15) is 42.3 Å². The van der Waals surface area contributed by atoms with E-state index in [0.29, 0.717) is 23.7 Å². The number of furan rings is 1. The Kier molecular flexibility index (Phi) is 7.36. The van der Waals surface area contributed by atoms with E-state index in [0.717, 1.165) is 11.1 Å². The predicted molar refractivity (Wildman–Crippen MR) is 131 cm³/mol. The second kappa shape index (κ2) is 10.6. The van der Waals surface area contributed by atoms with E-state index in [4.69, 9.17) is 13.9 Å². The minimum atomic E-state index is -0.838. The fraction of sp³-hybridized carbons (Fsp3) is 0.286. The molecule has 1 N–H and O–H groups in total. The number of hydrogen-bond acceptors (Lipinski definition) is 6. The van der Waals surface area contributed by atoms with Crippen molar-refractivity contribution < 1.29 is 28.6 Å². The summed E-state index contributed by atoms with van der Waals surface area (Å²) in [6.07, 6.45) is 1.46. The van der Waals surface area contributed by atoms with Crippen LogP contribution in [0.25, 0.3) is 5.76 Å². The highest BCUT2D eigenvalue weighted by molar-refractivity contribution is 6.46. The van der Waals surface area contributed by atoms with E-state index in [-0.39, 0.29) is 30.6 Å². The Hall–Kier alpha value is -3.84. The first-order valence-electron chi connectivity index (χ1n) is 11.6. The number of benzene rings is 2. The molecule has 7 heteroatoms. The number of Topliss-reactive ketones (excluding diaryl/α,β-unsaturated/α-hetero) is 1. The minimum Gasteiger partial charge on any atom is -0.507 e. The van der Waals surface area contributed by atoms with E-state index in [1.54, 1.807) is 30.3 Å². The Morgan fingerprint density at radius 1 is 1.09 bits per heavy atom. The van der Waals surface area contributed by atoms with Gasteiger partial charge in [-0.3, -0.25) is 9.59 Å². The molecule has 182 valence electrons. The number of nitrogens with zero attached hydrogens (tertiary/aromatic N) is 1. The third-order valence-corrected chi connectivity index (χ3v) is 5.82. The second-order valence-electron chi connectivity index (χ2n) is 8.68. The van der Waals surface area contributed by atoms with E-state index < -0.39 is 17.7 Å². The van der Waals surface area contributed by atoms with Crippen molar-refractivity contribution in [2.24, 2.45) is 0 Å². The highest BCUT2D eigenvalue weighted by atomic mass is 16.5. The molecule has 1 atom stereocenters. The topological polar surface area (TPSA) is 89.2 Å². The van der Waals surface area contributed by atoms with Crippen molar-refractivity contribution in [3.05, 3.63) is 95.0 Å². The summed E-state index contributed by atoms with van der Waals surface area (Å²) in [7, 11) is 0. The van der Waals surface area contributed by atoms with Gasteiger partial charge in [0.2, 0.25) is 0 Å². The van der Waals surface area contributed by atoms with Crippen LogP contribution in [0.2, 0.25) is 0 Å². The number of ether oxygens (including phenoxy) is 2. The summed E-state index contributed by atoms with van der Waals surface area (Å²) in [6, 6.07) is 17.5. The molecule has 0 spiro atoms. The monoisotopic (exact) mass is 475 g/mol. The molecule has 4 rings (SSSR count). The van der Waals surface area contributed by atoms with Gasteiger partial charge in [-0.1, -0.05) is 30.3 Å². The summed E-state index contributed by atoms with van der Waals surface area (Å²) < 4.78 is 17.1. The zero-order chi connectivity index (χ0) is 24.9. The smallest absolute Gasteiger partial charge is 0.295 e. The van der Waals surface area contributed by atoms with Crippen LogP contribution in [0, 0.1) is 6.92 Å². The predicted octanol–water partition coefficient (Wildman–Crippen LogP) is 5.01. The Morgan fingerprint density at radius 3 is 2.51 bits per heavy atom. The number of aryl methyl sites for hydroxylation is 1. The molecule has 1 aliphatic rings. The summed E-state index contributed by atoms with van der Waals surface area (Å²) in [6.45, 7) is 6.52. The third-order valence-electron chi connectivity index (χ3n) is 5.82. The van der Waals surface area contributed by atoms with Gasteiger partial charge in [-0.05, 0) is 62.2 Å². The molecule has 35 heavy (non-hydrogen) atoms. The number of amides is 1. The summed E-state index contributed by atoms with van der Waals surface area (Å²) >= 11 is 0. The van der Waals surface area contributed by atoms with Gasteiger partial charge in [-0.2, -0.15) is 0 Å². The van der Waals surface area contributed by atoms with Crippen LogP contribution in [0.15, 0.2) is 76.9 Å². The van der Waals surface area contributed by atoms with Crippen molar-refractivity contribution in [2.45, 2.75) is 39.5 Å². The molecule has 2 aromatic carbocycles. The first-order chi connectivity index (χ1) is 16.9. The van der Waals surface area contributed by atoms with Gasteiger partial charge in [0.25, 0.3) is 11.7 Å². The lowest BCUT2D eigenvalue weighted by Crippen LogP contribution is -2.33. The van der Waals surface area contributed by atoms with E-state index in [2.05, 4.69) is 0 Å². The number of hydrogen-bond donors (Lipinski definition) is 1. The molecular weight excluding hydrogens is 446 g/mol. The molecule has 1 unspecified atom stereocenters. The fourth-order valence-corrected chi connectivity index (χ4v) is 4.09. The first kappa shape index (κ1) is 24.3. The number of likely N-dealkylation sites (tertiary alicyclic amines) is 1. The van der Waals surface area contributed by atoms with Crippen molar-refractivity contribution >= 4 is 17.4 Å². The van der Waals surface area contributed by atoms with Gasteiger partial charge >= 0.3 is 0 Å². The van der Waals surface area contributed by atoms with Crippen molar-refractivity contribution in [3.63, 3.8) is 0 Å². The Labute approximate surface area is 204 Å². The van der Waals surface area contributed by atoms with E-state index >= 15 is 0 Å². The number of rotatable bonds is 9. The van der Waals surface area contributed by atoms with Gasteiger partial charge in [0.1, 0.15) is 29.9 Å². The van der Waals surface area contributed by atoms with Crippen LogP contribution in [0.5, 0.6) is 5.75 Å². The molecule has 0 radical (unpaired) electrons. The summed E-state index contributed by atoms with van der Waals surface area (Å²) in [5.41, 5.74) is 2.24. The van der Waals surface area contributed by atoms with Crippen molar-refractivity contribution in [1.82, 2.24) is 4.90 Å². The molecule has 0 bridgehead atoms. The molecule has 2 heterocycles. The lowest BCUT2D eigenvalue weighted by Gasteiger charge is -2.23. The third kappa shape index (κ3) is 5.30. The first-order valence-corrected chi connectivity index (χ1v) is 11.6. The molecule has 1 saturated heterocycles. The number of ketones is 1. The standard InChI is InChI=1S/C28H29NO6/c1-18(2)33-15-13-29-25(23-10-7-14-34-23)24(27(31)28(29)32)26(30)21-11-12-22(19(3)16-21)35-17-20-8-5-4-6-9-20/h4-12,14,16,18,25,30H,13,15,17H2,1-3H3/b26-24-. The molecule has 3 aromatic rings. The van der Waals surface area contributed by atoms with Gasteiger partial charge in [0, 0.05) is 12.1 Å². The molecule has 1 aromatic heterocycles. The zero-order valence-electron chi connectivity index (χ0n) is 20.1. The molecular formula is C28H29NO6.